The second-order valence-corrected chi connectivity index (χ2v) is 2.56. The third-order valence-corrected chi connectivity index (χ3v) is 1.89. The molecule has 0 aromatic heterocycles. The molecular weight excluding hydrogens is 197 g/mol. The average Bonchev–Trinajstić information content (AvgIpc) is 1.94. The molecular formula is C7H5AsF2. The minimum absolute atomic E-state index is 0.345. The van der Waals surface area contributed by atoms with E-state index in [0.29, 0.717) is 10.8 Å². The third-order valence-electron chi connectivity index (χ3n) is 1.18. The molecule has 0 atom stereocenters. The second kappa shape index (κ2) is 3.16. The standard InChI is InChI=1S/C7H5AsF2/c8-4-5-3-6(9)1-2-7(5)10/h1-3H,4H2. The summed E-state index contributed by atoms with van der Waals surface area (Å²) in [5, 5.41) is 0.469. The van der Waals surface area contributed by atoms with Crippen LogP contribution in [-0.2, 0) is 5.21 Å². The summed E-state index contributed by atoms with van der Waals surface area (Å²) in [6, 6.07) is 3.45. The van der Waals surface area contributed by atoms with E-state index in [-0.39, 0.29) is 11.6 Å². The summed E-state index contributed by atoms with van der Waals surface area (Å²) < 4.78 is 25.0. The maximum absolute atomic E-state index is 12.6. The van der Waals surface area contributed by atoms with Crippen molar-refractivity contribution in [1.82, 2.24) is 0 Å². The fourth-order valence-electron chi connectivity index (χ4n) is 0.664. The molecule has 0 unspecified atom stereocenters. The topological polar surface area (TPSA) is 0 Å². The molecule has 0 spiro atoms. The maximum atomic E-state index is 12.6. The number of rotatable bonds is 1. The molecule has 0 saturated carbocycles. The van der Waals surface area contributed by atoms with Crippen LogP contribution in [0.15, 0.2) is 18.2 Å². The molecule has 0 saturated heterocycles. The molecule has 1 aromatic carbocycles. The van der Waals surface area contributed by atoms with Crippen LogP contribution in [-0.4, -0.2) is 16.9 Å². The fourth-order valence-corrected chi connectivity index (χ4v) is 1.17. The van der Waals surface area contributed by atoms with Crippen LogP contribution in [0.4, 0.5) is 8.78 Å². The van der Waals surface area contributed by atoms with Crippen LogP contribution >= 0.6 is 0 Å². The van der Waals surface area contributed by atoms with Crippen molar-refractivity contribution in [2.45, 2.75) is 5.21 Å². The first kappa shape index (κ1) is 7.74. The van der Waals surface area contributed by atoms with Gasteiger partial charge in [-0.3, -0.25) is 0 Å². The van der Waals surface area contributed by atoms with Gasteiger partial charge in [0.05, 0.1) is 0 Å². The molecule has 0 aliphatic rings. The quantitative estimate of drug-likeness (QED) is 0.607. The van der Waals surface area contributed by atoms with Crippen molar-refractivity contribution in [3.05, 3.63) is 35.4 Å². The zero-order valence-corrected chi connectivity index (χ0v) is 7.02. The summed E-state index contributed by atoms with van der Waals surface area (Å²) in [6.45, 7) is 0. The SMILES string of the molecule is Fc1ccc(F)c(C[As])c1. The Morgan fingerprint density at radius 1 is 1.30 bits per heavy atom. The Bertz CT molecular complexity index is 235. The van der Waals surface area contributed by atoms with Crippen molar-refractivity contribution < 1.29 is 8.78 Å². The fraction of sp³-hybridized carbons (Fsp3) is 0.143. The van der Waals surface area contributed by atoms with Gasteiger partial charge in [0.1, 0.15) is 0 Å². The zero-order valence-electron chi connectivity index (χ0n) is 5.14. The van der Waals surface area contributed by atoms with Gasteiger partial charge in [0.15, 0.2) is 0 Å². The summed E-state index contributed by atoms with van der Waals surface area (Å²) in [5.74, 6) is -0.732. The predicted molar refractivity (Wildman–Crippen MR) is 35.8 cm³/mol. The van der Waals surface area contributed by atoms with Crippen LogP contribution in [0.1, 0.15) is 5.56 Å². The summed E-state index contributed by atoms with van der Waals surface area (Å²) in [4.78, 5) is 0. The van der Waals surface area contributed by atoms with E-state index in [0.717, 1.165) is 12.1 Å². The number of halogens is 2. The van der Waals surface area contributed by atoms with Crippen molar-refractivity contribution >= 4 is 16.9 Å². The number of hydrogen-bond donors (Lipinski definition) is 0. The Kier molecular flexibility index (Phi) is 2.44. The van der Waals surface area contributed by atoms with Crippen LogP contribution < -0.4 is 0 Å². The van der Waals surface area contributed by atoms with E-state index in [1.54, 1.807) is 0 Å². The molecule has 10 heavy (non-hydrogen) atoms. The van der Waals surface area contributed by atoms with E-state index in [9.17, 15) is 8.78 Å². The summed E-state index contributed by atoms with van der Waals surface area (Å²) in [7, 11) is 0. The Labute approximate surface area is 66.7 Å². The molecule has 1 aromatic rings. The van der Waals surface area contributed by atoms with Crippen LogP contribution in [0.3, 0.4) is 0 Å². The summed E-state index contributed by atoms with van der Waals surface area (Å²) >= 11 is 2.20. The van der Waals surface area contributed by atoms with Crippen molar-refractivity contribution in [2.75, 3.05) is 0 Å². The van der Waals surface area contributed by atoms with Gasteiger partial charge in [-0.25, -0.2) is 0 Å². The minimum atomic E-state index is -0.387. The van der Waals surface area contributed by atoms with Gasteiger partial charge in [0.25, 0.3) is 0 Å². The Morgan fingerprint density at radius 2 is 2.00 bits per heavy atom. The number of hydrogen-bond acceptors (Lipinski definition) is 0. The van der Waals surface area contributed by atoms with Crippen LogP contribution in [0.2, 0.25) is 0 Å². The first-order chi connectivity index (χ1) is 4.74. The Morgan fingerprint density at radius 3 is 2.50 bits per heavy atom. The summed E-state index contributed by atoms with van der Waals surface area (Å²) in [5.41, 5.74) is 0.403. The monoisotopic (exact) mass is 202 g/mol. The van der Waals surface area contributed by atoms with Crippen molar-refractivity contribution in [3.63, 3.8) is 0 Å². The third kappa shape index (κ3) is 1.57. The molecule has 52 valence electrons. The molecule has 0 N–H and O–H groups in total. The van der Waals surface area contributed by atoms with E-state index >= 15 is 0 Å². The van der Waals surface area contributed by atoms with Gasteiger partial charge >= 0.3 is 66.2 Å². The molecule has 0 nitrogen and oxygen atoms in total. The van der Waals surface area contributed by atoms with Gasteiger partial charge in [0.2, 0.25) is 0 Å². The number of benzene rings is 1. The Balaban J connectivity index is 3.09. The van der Waals surface area contributed by atoms with E-state index in [1.165, 1.54) is 6.07 Å². The van der Waals surface area contributed by atoms with Gasteiger partial charge in [-0.1, -0.05) is 0 Å². The van der Waals surface area contributed by atoms with Crippen molar-refractivity contribution in [2.24, 2.45) is 0 Å². The first-order valence-corrected chi connectivity index (χ1v) is 4.11. The van der Waals surface area contributed by atoms with Crippen molar-refractivity contribution in [3.8, 4) is 0 Å². The molecule has 2 radical (unpaired) electrons. The molecule has 0 heterocycles. The molecule has 0 aliphatic heterocycles. The van der Waals surface area contributed by atoms with E-state index in [4.69, 9.17) is 0 Å². The average molecular weight is 202 g/mol. The van der Waals surface area contributed by atoms with Gasteiger partial charge in [-0.2, -0.15) is 0 Å². The van der Waals surface area contributed by atoms with Crippen LogP contribution in [0, 0.1) is 11.6 Å². The van der Waals surface area contributed by atoms with Gasteiger partial charge in [0, 0.05) is 0 Å². The molecule has 0 bridgehead atoms. The second-order valence-electron chi connectivity index (χ2n) is 1.89. The molecule has 0 aliphatic carbocycles. The molecule has 1 rings (SSSR count). The van der Waals surface area contributed by atoms with Crippen molar-refractivity contribution in [1.29, 1.82) is 0 Å². The van der Waals surface area contributed by atoms with Gasteiger partial charge in [-0.15, -0.1) is 0 Å². The van der Waals surface area contributed by atoms with Gasteiger partial charge < -0.3 is 0 Å². The van der Waals surface area contributed by atoms with Crippen LogP contribution in [0.5, 0.6) is 0 Å². The van der Waals surface area contributed by atoms with E-state index in [1.807, 2.05) is 0 Å². The normalized spacial score (nSPS) is 9.90. The summed E-state index contributed by atoms with van der Waals surface area (Å²) in [6.07, 6.45) is 0. The molecule has 0 amide bonds. The first-order valence-electron chi connectivity index (χ1n) is 2.79. The molecule has 0 fully saturated rings. The zero-order chi connectivity index (χ0) is 7.56. The van der Waals surface area contributed by atoms with E-state index in [2.05, 4.69) is 16.9 Å². The van der Waals surface area contributed by atoms with Crippen LogP contribution in [0.25, 0.3) is 0 Å². The van der Waals surface area contributed by atoms with E-state index < -0.39 is 0 Å². The Hall–Kier alpha value is -0.362. The molecule has 3 heteroatoms. The van der Waals surface area contributed by atoms with Gasteiger partial charge in [-0.05, 0) is 0 Å². The predicted octanol–water partition coefficient (Wildman–Crippen LogP) is 1.63.